The Labute approximate surface area is 119 Å². The lowest BCUT2D eigenvalue weighted by Gasteiger charge is -2.07. The van der Waals surface area contributed by atoms with E-state index >= 15 is 0 Å². The summed E-state index contributed by atoms with van der Waals surface area (Å²) in [4.78, 5) is 21.8. The number of nitrogens with two attached hydrogens (primary N) is 1. The van der Waals surface area contributed by atoms with E-state index in [1.54, 1.807) is 18.2 Å². The van der Waals surface area contributed by atoms with Crippen LogP contribution in [0.4, 0.5) is 5.69 Å². The molecule has 1 aromatic carbocycles. The van der Waals surface area contributed by atoms with Gasteiger partial charge in [0, 0.05) is 5.69 Å². The molecule has 104 valence electrons. The number of benzene rings is 1. The van der Waals surface area contributed by atoms with E-state index in [1.807, 2.05) is 0 Å². The number of hydrogen-bond donors (Lipinski definition) is 3. The van der Waals surface area contributed by atoms with Gasteiger partial charge in [-0.3, -0.25) is 4.79 Å². The minimum Gasteiger partial charge on any atom is -0.475 e. The number of aromatic carboxylic acids is 1. The maximum absolute atomic E-state index is 11.2. The molecule has 0 fully saturated rings. The van der Waals surface area contributed by atoms with Crippen LogP contribution in [-0.4, -0.2) is 17.0 Å². The van der Waals surface area contributed by atoms with Crippen LogP contribution in [0.1, 0.15) is 26.7 Å². The SMILES string of the molecule is NC(=O)c1cc(NCc2ccc(C(=O)O)o2)ccc1Cl. The number of carboxylic acids is 1. The summed E-state index contributed by atoms with van der Waals surface area (Å²) in [5.74, 6) is -1.42. The Balaban J connectivity index is 2.08. The molecule has 0 aliphatic heterocycles. The smallest absolute Gasteiger partial charge is 0.371 e. The van der Waals surface area contributed by atoms with Crippen molar-refractivity contribution in [2.75, 3.05) is 5.32 Å². The predicted molar refractivity (Wildman–Crippen MR) is 73.0 cm³/mol. The van der Waals surface area contributed by atoms with E-state index in [-0.39, 0.29) is 22.9 Å². The van der Waals surface area contributed by atoms with Crippen molar-refractivity contribution in [1.82, 2.24) is 0 Å². The summed E-state index contributed by atoms with van der Waals surface area (Å²) in [6, 6.07) is 7.67. The van der Waals surface area contributed by atoms with Gasteiger partial charge in [-0.15, -0.1) is 0 Å². The molecule has 1 amide bonds. The number of primary amides is 1. The van der Waals surface area contributed by atoms with Crippen LogP contribution < -0.4 is 11.1 Å². The molecule has 0 saturated carbocycles. The summed E-state index contributed by atoms with van der Waals surface area (Å²) in [6.45, 7) is 0.271. The van der Waals surface area contributed by atoms with Crippen LogP contribution in [0.15, 0.2) is 34.7 Å². The third-order valence-electron chi connectivity index (χ3n) is 2.57. The molecule has 20 heavy (non-hydrogen) atoms. The second-order valence-corrected chi connectivity index (χ2v) is 4.39. The first-order valence-electron chi connectivity index (χ1n) is 5.62. The third-order valence-corrected chi connectivity index (χ3v) is 2.90. The summed E-state index contributed by atoms with van der Waals surface area (Å²) in [5, 5.41) is 12.0. The van der Waals surface area contributed by atoms with Gasteiger partial charge in [0.25, 0.3) is 0 Å². The Morgan fingerprint density at radius 1 is 1.30 bits per heavy atom. The first-order valence-corrected chi connectivity index (χ1v) is 6.00. The van der Waals surface area contributed by atoms with Gasteiger partial charge in [-0.05, 0) is 30.3 Å². The minimum absolute atomic E-state index is 0.129. The van der Waals surface area contributed by atoms with Gasteiger partial charge < -0.3 is 20.6 Å². The lowest BCUT2D eigenvalue weighted by atomic mass is 10.2. The predicted octanol–water partition coefficient (Wildman–Crippen LogP) is 2.34. The van der Waals surface area contributed by atoms with E-state index < -0.39 is 11.9 Å². The number of carboxylic acid groups (broad SMARTS) is 1. The Hall–Kier alpha value is -2.47. The molecule has 0 atom stereocenters. The molecular weight excluding hydrogens is 284 g/mol. The van der Waals surface area contributed by atoms with Crippen molar-refractivity contribution in [3.63, 3.8) is 0 Å². The molecule has 1 heterocycles. The van der Waals surface area contributed by atoms with Crippen molar-refractivity contribution in [3.8, 4) is 0 Å². The first kappa shape index (κ1) is 14.0. The molecule has 6 nitrogen and oxygen atoms in total. The topological polar surface area (TPSA) is 106 Å². The molecule has 7 heteroatoms. The Bertz CT molecular complexity index is 666. The number of nitrogens with one attached hydrogen (secondary N) is 1. The number of hydrogen-bond acceptors (Lipinski definition) is 4. The normalized spacial score (nSPS) is 10.2. The van der Waals surface area contributed by atoms with Crippen LogP contribution in [-0.2, 0) is 6.54 Å². The highest BCUT2D eigenvalue weighted by molar-refractivity contribution is 6.33. The van der Waals surface area contributed by atoms with Gasteiger partial charge in [-0.1, -0.05) is 11.6 Å². The zero-order valence-corrected chi connectivity index (χ0v) is 11.0. The zero-order valence-electron chi connectivity index (χ0n) is 10.2. The molecule has 0 saturated heterocycles. The quantitative estimate of drug-likeness (QED) is 0.785. The molecule has 2 aromatic rings. The summed E-state index contributed by atoms with van der Waals surface area (Å²) >= 11 is 5.83. The van der Waals surface area contributed by atoms with Gasteiger partial charge in [0.15, 0.2) is 0 Å². The van der Waals surface area contributed by atoms with Crippen LogP contribution in [0.25, 0.3) is 0 Å². The van der Waals surface area contributed by atoms with Crippen molar-refractivity contribution < 1.29 is 19.1 Å². The van der Waals surface area contributed by atoms with Gasteiger partial charge in [-0.2, -0.15) is 0 Å². The average molecular weight is 295 g/mol. The molecule has 0 radical (unpaired) electrons. The fourth-order valence-corrected chi connectivity index (χ4v) is 1.81. The number of rotatable bonds is 5. The highest BCUT2D eigenvalue weighted by Crippen LogP contribution is 2.21. The number of anilines is 1. The van der Waals surface area contributed by atoms with E-state index in [9.17, 15) is 9.59 Å². The van der Waals surface area contributed by atoms with E-state index in [0.29, 0.717) is 11.4 Å². The highest BCUT2D eigenvalue weighted by Gasteiger charge is 2.10. The van der Waals surface area contributed by atoms with E-state index in [1.165, 1.54) is 12.1 Å². The van der Waals surface area contributed by atoms with Crippen LogP contribution in [0.2, 0.25) is 5.02 Å². The molecule has 2 rings (SSSR count). The Morgan fingerprint density at radius 2 is 2.05 bits per heavy atom. The fraction of sp³-hybridized carbons (Fsp3) is 0.0769. The zero-order chi connectivity index (χ0) is 14.7. The largest absolute Gasteiger partial charge is 0.475 e. The molecule has 1 aromatic heterocycles. The lowest BCUT2D eigenvalue weighted by Crippen LogP contribution is -2.12. The monoisotopic (exact) mass is 294 g/mol. The van der Waals surface area contributed by atoms with E-state index in [4.69, 9.17) is 26.9 Å². The van der Waals surface area contributed by atoms with Crippen molar-refractivity contribution in [1.29, 1.82) is 0 Å². The maximum Gasteiger partial charge on any atom is 0.371 e. The minimum atomic E-state index is -1.13. The summed E-state index contributed by atoms with van der Waals surface area (Å²) in [6.07, 6.45) is 0. The van der Waals surface area contributed by atoms with Crippen LogP contribution in [0.3, 0.4) is 0 Å². The summed E-state index contributed by atoms with van der Waals surface area (Å²) in [5.41, 5.74) is 6.02. The lowest BCUT2D eigenvalue weighted by molar-refractivity contribution is 0.0660. The number of furan rings is 1. The fourth-order valence-electron chi connectivity index (χ4n) is 1.60. The van der Waals surface area contributed by atoms with Gasteiger partial charge >= 0.3 is 5.97 Å². The number of carbonyl (C=O) groups is 2. The molecule has 0 aliphatic carbocycles. The Kier molecular flexibility index (Phi) is 3.95. The number of halogens is 1. The van der Waals surface area contributed by atoms with Crippen molar-refractivity contribution in [2.45, 2.75) is 6.54 Å². The van der Waals surface area contributed by atoms with Crippen LogP contribution in [0.5, 0.6) is 0 Å². The van der Waals surface area contributed by atoms with E-state index in [2.05, 4.69) is 5.32 Å². The molecular formula is C13H11ClN2O4. The van der Waals surface area contributed by atoms with Gasteiger partial charge in [0.1, 0.15) is 5.76 Å². The molecule has 0 spiro atoms. The number of carbonyl (C=O) groups excluding carboxylic acids is 1. The average Bonchev–Trinajstić information content (AvgIpc) is 2.86. The summed E-state index contributed by atoms with van der Waals surface area (Å²) < 4.78 is 5.09. The molecule has 0 aliphatic rings. The van der Waals surface area contributed by atoms with Crippen molar-refractivity contribution in [2.24, 2.45) is 5.73 Å². The van der Waals surface area contributed by atoms with Crippen LogP contribution in [0, 0.1) is 0 Å². The summed E-state index contributed by atoms with van der Waals surface area (Å²) in [7, 11) is 0. The molecule has 0 bridgehead atoms. The van der Waals surface area contributed by atoms with Gasteiger partial charge in [-0.25, -0.2) is 4.79 Å². The highest BCUT2D eigenvalue weighted by atomic mass is 35.5. The molecule has 0 unspecified atom stereocenters. The second kappa shape index (κ2) is 5.66. The van der Waals surface area contributed by atoms with E-state index in [0.717, 1.165) is 0 Å². The van der Waals surface area contributed by atoms with Crippen molar-refractivity contribution >= 4 is 29.2 Å². The maximum atomic E-state index is 11.2. The molecule has 4 N–H and O–H groups in total. The van der Waals surface area contributed by atoms with Gasteiger partial charge in [0.05, 0.1) is 17.1 Å². The third kappa shape index (κ3) is 3.10. The second-order valence-electron chi connectivity index (χ2n) is 3.98. The van der Waals surface area contributed by atoms with Crippen molar-refractivity contribution in [3.05, 3.63) is 52.4 Å². The van der Waals surface area contributed by atoms with Crippen LogP contribution >= 0.6 is 11.6 Å². The number of amides is 1. The van der Waals surface area contributed by atoms with Gasteiger partial charge in [0.2, 0.25) is 11.7 Å². The Morgan fingerprint density at radius 3 is 2.65 bits per heavy atom. The first-order chi connectivity index (χ1) is 9.47. The standard InChI is InChI=1S/C13H11ClN2O4/c14-10-3-1-7(5-9(10)12(15)17)16-6-8-2-4-11(20-8)13(18)19/h1-5,16H,6H2,(H2,15,17)(H,18,19).